The van der Waals surface area contributed by atoms with Crippen molar-refractivity contribution in [1.29, 1.82) is 0 Å². The minimum atomic E-state index is -0.658. The van der Waals surface area contributed by atoms with E-state index in [1.54, 1.807) is 6.20 Å². The molecule has 0 saturated heterocycles. The molecule has 0 aliphatic carbocycles. The smallest absolute Gasteiger partial charge is 0.234 e. The summed E-state index contributed by atoms with van der Waals surface area (Å²) in [6.07, 6.45) is 1.68. The Balaban J connectivity index is 1.82. The molecule has 0 aliphatic rings. The van der Waals surface area contributed by atoms with Gasteiger partial charge in [0.05, 0.1) is 17.1 Å². The fraction of sp³-hybridized carbons (Fsp3) is 0.143. The molecule has 1 aromatic carbocycles. The molecule has 2 aromatic rings. The molecule has 6 heteroatoms. The average molecular weight is 294 g/mol. The van der Waals surface area contributed by atoms with E-state index in [4.69, 9.17) is 0 Å². The number of pyridine rings is 1. The summed E-state index contributed by atoms with van der Waals surface area (Å²) in [7, 11) is 0. The van der Waals surface area contributed by atoms with Gasteiger partial charge in [-0.05, 0) is 24.3 Å². The van der Waals surface area contributed by atoms with Crippen LogP contribution in [-0.4, -0.2) is 16.6 Å². The van der Waals surface area contributed by atoms with E-state index in [2.05, 4.69) is 10.3 Å². The highest BCUT2D eigenvalue weighted by molar-refractivity contribution is 7.99. The van der Waals surface area contributed by atoms with Gasteiger partial charge < -0.3 is 5.32 Å². The van der Waals surface area contributed by atoms with E-state index in [0.717, 1.165) is 23.9 Å². The van der Waals surface area contributed by atoms with Gasteiger partial charge >= 0.3 is 0 Å². The van der Waals surface area contributed by atoms with E-state index < -0.39 is 11.6 Å². The summed E-state index contributed by atoms with van der Waals surface area (Å²) in [5, 5.41) is 2.34. The molecular formula is C14H12F2N2OS. The molecule has 1 amide bonds. The number of halogens is 2. The topological polar surface area (TPSA) is 42.0 Å². The van der Waals surface area contributed by atoms with Gasteiger partial charge in [-0.2, -0.15) is 0 Å². The predicted octanol–water partition coefficient (Wildman–Crippen LogP) is 3.23. The van der Waals surface area contributed by atoms with Gasteiger partial charge in [0.25, 0.3) is 0 Å². The lowest BCUT2D eigenvalue weighted by Gasteiger charge is -2.06. The normalized spacial score (nSPS) is 10.3. The molecule has 0 radical (unpaired) electrons. The molecule has 3 nitrogen and oxygen atoms in total. The zero-order valence-electron chi connectivity index (χ0n) is 10.5. The molecule has 0 aliphatic heterocycles. The second kappa shape index (κ2) is 7.00. The van der Waals surface area contributed by atoms with Crippen LogP contribution in [0.2, 0.25) is 0 Å². The monoisotopic (exact) mass is 294 g/mol. The van der Waals surface area contributed by atoms with E-state index in [1.165, 1.54) is 11.8 Å². The van der Waals surface area contributed by atoms with Crippen LogP contribution in [0.1, 0.15) is 5.69 Å². The summed E-state index contributed by atoms with van der Waals surface area (Å²) in [5.41, 5.74) is 0.718. The van der Waals surface area contributed by atoms with Gasteiger partial charge in [-0.25, -0.2) is 8.78 Å². The first-order chi connectivity index (χ1) is 9.65. The van der Waals surface area contributed by atoms with Crippen LogP contribution >= 0.6 is 11.8 Å². The Kier molecular flexibility index (Phi) is 5.06. The van der Waals surface area contributed by atoms with E-state index in [9.17, 15) is 13.6 Å². The lowest BCUT2D eigenvalue weighted by atomic mass is 10.3. The lowest BCUT2D eigenvalue weighted by molar-refractivity contribution is -0.113. The third-order valence-corrected chi connectivity index (χ3v) is 3.38. The van der Waals surface area contributed by atoms with Gasteiger partial charge in [0.2, 0.25) is 5.91 Å². The number of aromatic nitrogens is 1. The molecule has 20 heavy (non-hydrogen) atoms. The number of nitrogens with zero attached hydrogens (tertiary/aromatic N) is 1. The fourth-order valence-corrected chi connectivity index (χ4v) is 2.25. The summed E-state index contributed by atoms with van der Waals surface area (Å²) in [5.74, 6) is -0.903. The maximum Gasteiger partial charge on any atom is 0.234 e. The van der Waals surface area contributed by atoms with E-state index in [0.29, 0.717) is 5.75 Å². The maximum absolute atomic E-state index is 13.3. The Labute approximate surface area is 119 Å². The third-order valence-electron chi connectivity index (χ3n) is 2.41. The summed E-state index contributed by atoms with van der Waals surface area (Å²) < 4.78 is 26.3. The largest absolute Gasteiger partial charge is 0.323 e. The Morgan fingerprint density at radius 1 is 1.25 bits per heavy atom. The van der Waals surface area contributed by atoms with Crippen LogP contribution in [0.15, 0.2) is 42.6 Å². The van der Waals surface area contributed by atoms with Gasteiger partial charge in [0.15, 0.2) is 0 Å². The lowest BCUT2D eigenvalue weighted by Crippen LogP contribution is -2.15. The third kappa shape index (κ3) is 4.31. The first kappa shape index (κ1) is 14.5. The highest BCUT2D eigenvalue weighted by atomic mass is 32.2. The summed E-state index contributed by atoms with van der Waals surface area (Å²) in [6.45, 7) is 0. The van der Waals surface area contributed by atoms with E-state index in [-0.39, 0.29) is 17.3 Å². The zero-order valence-corrected chi connectivity index (χ0v) is 11.3. The quantitative estimate of drug-likeness (QED) is 0.920. The Morgan fingerprint density at radius 2 is 2.10 bits per heavy atom. The molecule has 0 unspecified atom stereocenters. The molecule has 1 N–H and O–H groups in total. The first-order valence-electron chi connectivity index (χ1n) is 5.88. The number of benzene rings is 1. The SMILES string of the molecule is O=C(CSCc1ccccn1)Nc1cc(F)ccc1F. The Morgan fingerprint density at radius 3 is 2.85 bits per heavy atom. The highest BCUT2D eigenvalue weighted by Crippen LogP contribution is 2.16. The van der Waals surface area contributed by atoms with Crippen molar-refractivity contribution in [2.24, 2.45) is 0 Å². The molecule has 0 atom stereocenters. The number of nitrogens with one attached hydrogen (secondary N) is 1. The van der Waals surface area contributed by atoms with Crippen LogP contribution in [0.5, 0.6) is 0 Å². The predicted molar refractivity (Wildman–Crippen MR) is 75.4 cm³/mol. The summed E-state index contributed by atoms with van der Waals surface area (Å²) >= 11 is 1.35. The summed E-state index contributed by atoms with van der Waals surface area (Å²) in [6, 6.07) is 8.47. The molecule has 2 rings (SSSR count). The van der Waals surface area contributed by atoms with Crippen molar-refractivity contribution >= 4 is 23.4 Å². The standard InChI is InChI=1S/C14H12F2N2OS/c15-10-4-5-12(16)13(7-10)18-14(19)9-20-8-11-3-1-2-6-17-11/h1-7H,8-9H2,(H,18,19). The minimum absolute atomic E-state index is 0.145. The van der Waals surface area contributed by atoms with Crippen LogP contribution in [0, 0.1) is 11.6 Å². The Bertz CT molecular complexity index is 593. The van der Waals surface area contributed by atoms with Crippen LogP contribution in [0.3, 0.4) is 0 Å². The second-order valence-corrected chi connectivity index (χ2v) is 4.97. The number of anilines is 1. The highest BCUT2D eigenvalue weighted by Gasteiger charge is 2.08. The van der Waals surface area contributed by atoms with Crippen molar-refractivity contribution in [3.63, 3.8) is 0 Å². The maximum atomic E-state index is 13.3. The van der Waals surface area contributed by atoms with Gasteiger partial charge in [-0.3, -0.25) is 9.78 Å². The molecule has 0 spiro atoms. The van der Waals surface area contributed by atoms with E-state index >= 15 is 0 Å². The molecule has 0 saturated carbocycles. The summed E-state index contributed by atoms with van der Waals surface area (Å²) in [4.78, 5) is 15.7. The van der Waals surface area contributed by atoms with Crippen LogP contribution in [-0.2, 0) is 10.5 Å². The van der Waals surface area contributed by atoms with Crippen LogP contribution < -0.4 is 5.32 Å². The first-order valence-corrected chi connectivity index (χ1v) is 7.03. The number of hydrogen-bond donors (Lipinski definition) is 1. The zero-order chi connectivity index (χ0) is 14.4. The van der Waals surface area contributed by atoms with Gasteiger partial charge in [-0.1, -0.05) is 6.07 Å². The Hall–Kier alpha value is -1.95. The number of carbonyl (C=O) groups is 1. The average Bonchev–Trinajstić information content (AvgIpc) is 2.44. The van der Waals surface area contributed by atoms with E-state index in [1.807, 2.05) is 18.2 Å². The number of amides is 1. The van der Waals surface area contributed by atoms with Crippen molar-refractivity contribution in [3.8, 4) is 0 Å². The van der Waals surface area contributed by atoms with Gasteiger partial charge in [-0.15, -0.1) is 11.8 Å². The molecule has 0 bridgehead atoms. The van der Waals surface area contributed by atoms with Gasteiger partial charge in [0.1, 0.15) is 11.6 Å². The van der Waals surface area contributed by atoms with Crippen molar-refractivity contribution in [3.05, 3.63) is 59.9 Å². The van der Waals surface area contributed by atoms with Crippen molar-refractivity contribution < 1.29 is 13.6 Å². The van der Waals surface area contributed by atoms with Gasteiger partial charge in [0, 0.05) is 18.0 Å². The van der Waals surface area contributed by atoms with Crippen LogP contribution in [0.4, 0.5) is 14.5 Å². The van der Waals surface area contributed by atoms with Crippen molar-refractivity contribution in [1.82, 2.24) is 4.98 Å². The molecular weight excluding hydrogens is 282 g/mol. The van der Waals surface area contributed by atoms with Crippen molar-refractivity contribution in [2.75, 3.05) is 11.1 Å². The number of carbonyl (C=O) groups excluding carboxylic acids is 1. The number of thioether (sulfide) groups is 1. The number of hydrogen-bond acceptors (Lipinski definition) is 3. The number of rotatable bonds is 5. The molecule has 1 aromatic heterocycles. The minimum Gasteiger partial charge on any atom is -0.323 e. The molecule has 104 valence electrons. The van der Waals surface area contributed by atoms with Crippen molar-refractivity contribution in [2.45, 2.75) is 5.75 Å². The molecule has 0 fully saturated rings. The second-order valence-electron chi connectivity index (χ2n) is 3.99. The fourth-order valence-electron chi connectivity index (χ4n) is 1.51. The molecule has 1 heterocycles. The van der Waals surface area contributed by atoms with Crippen LogP contribution in [0.25, 0.3) is 0 Å².